The molecule has 1 fully saturated rings. The minimum absolute atomic E-state index is 0.0427. The van der Waals surface area contributed by atoms with E-state index in [1.54, 1.807) is 54.5 Å². The van der Waals surface area contributed by atoms with Crippen molar-refractivity contribution in [2.75, 3.05) is 0 Å². The Morgan fingerprint density at radius 2 is 1.72 bits per heavy atom. The molecule has 190 valence electrons. The van der Waals surface area contributed by atoms with E-state index in [1.807, 2.05) is 30.3 Å². The second-order valence-electron chi connectivity index (χ2n) is 9.02. The highest BCUT2D eigenvalue weighted by atomic mass is 32.2. The standard InChI is InChI=1S/C27H31N3O5S/c1-20(27(32)28-18-24-8-5-17-35-24)30(19-22-6-3-2-4-7-22)26(31)16-11-21-9-14-25(15-10-21)36(33,34)29-23-12-13-23/h2-10,14-15,17,20,23,29H,11-13,16,18-19H2,1H3,(H,28,32)/t20-/m1/s1. The summed E-state index contributed by atoms with van der Waals surface area (Å²) in [7, 11) is -3.51. The molecule has 0 aliphatic heterocycles. The van der Waals surface area contributed by atoms with Crippen LogP contribution in [0.2, 0.25) is 0 Å². The van der Waals surface area contributed by atoms with Gasteiger partial charge in [0.05, 0.1) is 17.7 Å². The molecule has 2 amide bonds. The van der Waals surface area contributed by atoms with Crippen molar-refractivity contribution >= 4 is 21.8 Å². The Kier molecular flexibility index (Phi) is 8.22. The van der Waals surface area contributed by atoms with Gasteiger partial charge in [-0.1, -0.05) is 42.5 Å². The second kappa shape index (κ2) is 11.5. The zero-order chi connectivity index (χ0) is 25.5. The van der Waals surface area contributed by atoms with Crippen molar-refractivity contribution in [2.45, 2.75) is 62.7 Å². The summed E-state index contributed by atoms with van der Waals surface area (Å²) in [5, 5.41) is 2.83. The van der Waals surface area contributed by atoms with Crippen molar-refractivity contribution in [2.24, 2.45) is 0 Å². The Morgan fingerprint density at radius 3 is 2.36 bits per heavy atom. The Morgan fingerprint density at radius 1 is 1.00 bits per heavy atom. The minimum atomic E-state index is -3.51. The first kappa shape index (κ1) is 25.7. The van der Waals surface area contributed by atoms with Gasteiger partial charge in [-0.05, 0) is 61.6 Å². The lowest BCUT2D eigenvalue weighted by Crippen LogP contribution is -2.47. The third-order valence-electron chi connectivity index (χ3n) is 6.14. The van der Waals surface area contributed by atoms with Crippen LogP contribution in [0.1, 0.15) is 43.1 Å². The smallest absolute Gasteiger partial charge is 0.242 e. The largest absolute Gasteiger partial charge is 0.467 e. The molecule has 1 atom stereocenters. The number of amides is 2. The van der Waals surface area contributed by atoms with Gasteiger partial charge in [0, 0.05) is 19.0 Å². The van der Waals surface area contributed by atoms with E-state index < -0.39 is 16.1 Å². The van der Waals surface area contributed by atoms with Gasteiger partial charge in [-0.25, -0.2) is 13.1 Å². The van der Waals surface area contributed by atoms with E-state index >= 15 is 0 Å². The summed E-state index contributed by atoms with van der Waals surface area (Å²) >= 11 is 0. The predicted molar refractivity (Wildman–Crippen MR) is 135 cm³/mol. The van der Waals surface area contributed by atoms with E-state index in [-0.39, 0.29) is 35.7 Å². The Bertz CT molecular complexity index is 1250. The summed E-state index contributed by atoms with van der Waals surface area (Å²) in [6, 6.07) is 19.0. The van der Waals surface area contributed by atoms with Gasteiger partial charge in [0.1, 0.15) is 11.8 Å². The van der Waals surface area contributed by atoms with Gasteiger partial charge in [0.2, 0.25) is 21.8 Å². The quantitative estimate of drug-likeness (QED) is 0.389. The van der Waals surface area contributed by atoms with Gasteiger partial charge >= 0.3 is 0 Å². The topological polar surface area (TPSA) is 109 Å². The third-order valence-corrected chi connectivity index (χ3v) is 7.68. The van der Waals surface area contributed by atoms with Crippen LogP contribution in [0.15, 0.2) is 82.3 Å². The fraction of sp³-hybridized carbons (Fsp3) is 0.333. The van der Waals surface area contributed by atoms with Crippen molar-refractivity contribution in [3.05, 3.63) is 89.9 Å². The van der Waals surface area contributed by atoms with Gasteiger partial charge in [0.25, 0.3) is 0 Å². The summed E-state index contributed by atoms with van der Waals surface area (Å²) in [5.74, 6) is 0.203. The predicted octanol–water partition coefficient (Wildman–Crippen LogP) is 3.39. The Labute approximate surface area is 211 Å². The molecule has 1 saturated carbocycles. The number of carbonyl (C=O) groups is 2. The number of aryl methyl sites for hydroxylation is 1. The molecule has 0 spiro atoms. The lowest BCUT2D eigenvalue weighted by Gasteiger charge is -2.29. The van der Waals surface area contributed by atoms with Crippen molar-refractivity contribution in [1.29, 1.82) is 0 Å². The lowest BCUT2D eigenvalue weighted by molar-refractivity contribution is -0.140. The van der Waals surface area contributed by atoms with Gasteiger partial charge in [-0.15, -0.1) is 0 Å². The molecule has 1 aliphatic rings. The first-order valence-corrected chi connectivity index (χ1v) is 13.5. The maximum atomic E-state index is 13.3. The molecule has 2 N–H and O–H groups in total. The van der Waals surface area contributed by atoms with E-state index in [4.69, 9.17) is 4.42 Å². The molecule has 36 heavy (non-hydrogen) atoms. The molecule has 0 bridgehead atoms. The van der Waals surface area contributed by atoms with Crippen LogP contribution in [0, 0.1) is 0 Å². The van der Waals surface area contributed by atoms with E-state index in [0.29, 0.717) is 18.7 Å². The third kappa shape index (κ3) is 7.05. The van der Waals surface area contributed by atoms with Gasteiger partial charge in [-0.2, -0.15) is 0 Å². The molecular weight excluding hydrogens is 478 g/mol. The number of furan rings is 1. The van der Waals surface area contributed by atoms with Crippen LogP contribution in [0.25, 0.3) is 0 Å². The molecule has 0 saturated heterocycles. The molecule has 8 nitrogen and oxygen atoms in total. The number of hydrogen-bond acceptors (Lipinski definition) is 5. The van der Waals surface area contributed by atoms with E-state index in [9.17, 15) is 18.0 Å². The molecular formula is C27H31N3O5S. The van der Waals surface area contributed by atoms with Crippen LogP contribution in [-0.2, 0) is 39.1 Å². The normalized spacial score (nSPS) is 14.2. The fourth-order valence-electron chi connectivity index (χ4n) is 3.82. The Balaban J connectivity index is 1.39. The molecule has 1 heterocycles. The molecule has 1 aromatic heterocycles. The van der Waals surface area contributed by atoms with Crippen LogP contribution < -0.4 is 10.0 Å². The molecule has 2 aromatic carbocycles. The number of nitrogens with one attached hydrogen (secondary N) is 2. The van der Waals surface area contributed by atoms with Gasteiger partial charge in [0.15, 0.2) is 0 Å². The van der Waals surface area contributed by atoms with Crippen LogP contribution in [0.4, 0.5) is 0 Å². The number of hydrogen-bond donors (Lipinski definition) is 2. The summed E-state index contributed by atoms with van der Waals surface area (Å²) in [6.45, 7) is 2.26. The average Bonchev–Trinajstić information content (AvgIpc) is 3.53. The first-order valence-electron chi connectivity index (χ1n) is 12.1. The summed E-state index contributed by atoms with van der Waals surface area (Å²) in [6.07, 6.45) is 3.91. The maximum absolute atomic E-state index is 13.3. The van der Waals surface area contributed by atoms with Crippen LogP contribution in [0.5, 0.6) is 0 Å². The van der Waals surface area contributed by atoms with Crippen LogP contribution in [0.3, 0.4) is 0 Å². The zero-order valence-electron chi connectivity index (χ0n) is 20.2. The summed E-state index contributed by atoms with van der Waals surface area (Å²) in [4.78, 5) is 27.9. The molecule has 4 rings (SSSR count). The minimum Gasteiger partial charge on any atom is -0.467 e. The van der Waals surface area contributed by atoms with Crippen LogP contribution >= 0.6 is 0 Å². The molecule has 3 aromatic rings. The highest BCUT2D eigenvalue weighted by Gasteiger charge is 2.28. The Hall–Kier alpha value is -3.43. The van der Waals surface area contributed by atoms with E-state index in [0.717, 1.165) is 24.0 Å². The summed E-state index contributed by atoms with van der Waals surface area (Å²) < 4.78 is 32.7. The molecule has 0 radical (unpaired) electrons. The molecule has 9 heteroatoms. The maximum Gasteiger partial charge on any atom is 0.242 e. The summed E-state index contributed by atoms with van der Waals surface area (Å²) in [5.41, 5.74) is 1.78. The first-order chi connectivity index (χ1) is 17.3. The highest BCUT2D eigenvalue weighted by Crippen LogP contribution is 2.22. The van der Waals surface area contributed by atoms with Crippen molar-refractivity contribution in [3.63, 3.8) is 0 Å². The number of benzene rings is 2. The van der Waals surface area contributed by atoms with Crippen molar-refractivity contribution < 1.29 is 22.4 Å². The van der Waals surface area contributed by atoms with E-state index in [1.165, 1.54) is 0 Å². The van der Waals surface area contributed by atoms with Gasteiger partial charge in [-0.3, -0.25) is 9.59 Å². The van der Waals surface area contributed by atoms with Crippen LogP contribution in [-0.4, -0.2) is 37.2 Å². The number of sulfonamides is 1. The number of rotatable bonds is 12. The second-order valence-corrected chi connectivity index (χ2v) is 10.7. The highest BCUT2D eigenvalue weighted by molar-refractivity contribution is 7.89. The molecule has 0 unspecified atom stereocenters. The monoisotopic (exact) mass is 509 g/mol. The number of nitrogens with zero attached hydrogens (tertiary/aromatic N) is 1. The van der Waals surface area contributed by atoms with Crippen molar-refractivity contribution in [3.8, 4) is 0 Å². The lowest BCUT2D eigenvalue weighted by atomic mass is 10.1. The fourth-order valence-corrected chi connectivity index (χ4v) is 5.12. The van der Waals surface area contributed by atoms with E-state index in [2.05, 4.69) is 10.0 Å². The SMILES string of the molecule is C[C@H](C(=O)NCc1ccco1)N(Cc1ccccc1)C(=O)CCc1ccc(S(=O)(=O)NC2CC2)cc1. The van der Waals surface area contributed by atoms with Crippen molar-refractivity contribution in [1.82, 2.24) is 14.9 Å². The molecule has 1 aliphatic carbocycles. The average molecular weight is 510 g/mol. The zero-order valence-corrected chi connectivity index (χ0v) is 21.0. The van der Waals surface area contributed by atoms with Gasteiger partial charge < -0.3 is 14.6 Å². The number of carbonyl (C=O) groups excluding carboxylic acids is 2.